The Morgan fingerprint density at radius 1 is 1.17 bits per heavy atom. The summed E-state index contributed by atoms with van der Waals surface area (Å²) in [5.74, 6) is 0.107. The second-order valence-corrected chi connectivity index (χ2v) is 2.79. The molecule has 2 nitrogen and oxygen atoms in total. The SMILES string of the molecule is [O]c1ccccc1CCCCO. The van der Waals surface area contributed by atoms with Crippen LogP contribution in [0.4, 0.5) is 0 Å². The zero-order chi connectivity index (χ0) is 8.81. The van der Waals surface area contributed by atoms with E-state index in [9.17, 15) is 5.11 Å². The van der Waals surface area contributed by atoms with Gasteiger partial charge in [0.2, 0.25) is 0 Å². The average Bonchev–Trinajstić information content (AvgIpc) is 2.09. The Kier molecular flexibility index (Phi) is 3.61. The van der Waals surface area contributed by atoms with Crippen molar-refractivity contribution < 1.29 is 10.2 Å². The first-order valence-electron chi connectivity index (χ1n) is 4.20. The van der Waals surface area contributed by atoms with Crippen molar-refractivity contribution >= 4 is 0 Å². The van der Waals surface area contributed by atoms with E-state index in [0.29, 0.717) is 0 Å². The maximum atomic E-state index is 11.2. The van der Waals surface area contributed by atoms with Gasteiger partial charge in [-0.2, -0.15) is 0 Å². The summed E-state index contributed by atoms with van der Waals surface area (Å²) in [6.07, 6.45) is 2.43. The highest BCUT2D eigenvalue weighted by molar-refractivity contribution is 5.31. The van der Waals surface area contributed by atoms with Crippen LogP contribution < -0.4 is 0 Å². The van der Waals surface area contributed by atoms with Crippen molar-refractivity contribution in [2.24, 2.45) is 0 Å². The minimum absolute atomic E-state index is 0.107. The van der Waals surface area contributed by atoms with Crippen molar-refractivity contribution in [3.63, 3.8) is 0 Å². The van der Waals surface area contributed by atoms with Gasteiger partial charge in [0.05, 0.1) is 0 Å². The maximum absolute atomic E-state index is 11.2. The lowest BCUT2D eigenvalue weighted by molar-refractivity contribution is 0.284. The van der Waals surface area contributed by atoms with Gasteiger partial charge in [0.1, 0.15) is 0 Å². The first kappa shape index (κ1) is 9.07. The first-order valence-corrected chi connectivity index (χ1v) is 4.20. The van der Waals surface area contributed by atoms with E-state index in [4.69, 9.17) is 5.11 Å². The quantitative estimate of drug-likeness (QED) is 0.682. The van der Waals surface area contributed by atoms with E-state index in [1.165, 1.54) is 0 Å². The molecule has 0 aliphatic heterocycles. The predicted octanol–water partition coefficient (Wildman–Crippen LogP) is 2.15. The molecule has 0 aliphatic carbocycles. The molecule has 2 heteroatoms. The Morgan fingerprint density at radius 2 is 1.92 bits per heavy atom. The van der Waals surface area contributed by atoms with Crippen LogP contribution in [-0.2, 0) is 11.5 Å². The van der Waals surface area contributed by atoms with E-state index in [2.05, 4.69) is 0 Å². The summed E-state index contributed by atoms with van der Waals surface area (Å²) in [5, 5.41) is 19.7. The highest BCUT2D eigenvalue weighted by atomic mass is 16.3. The minimum atomic E-state index is 0.107. The highest BCUT2D eigenvalue weighted by Crippen LogP contribution is 2.18. The molecule has 0 unspecified atom stereocenters. The van der Waals surface area contributed by atoms with Crippen molar-refractivity contribution in [1.82, 2.24) is 0 Å². The Morgan fingerprint density at radius 3 is 2.58 bits per heavy atom. The van der Waals surface area contributed by atoms with Crippen molar-refractivity contribution in [3.8, 4) is 5.75 Å². The van der Waals surface area contributed by atoms with Crippen molar-refractivity contribution in [2.45, 2.75) is 19.3 Å². The largest absolute Gasteiger partial charge is 0.396 e. The van der Waals surface area contributed by atoms with Gasteiger partial charge >= 0.3 is 0 Å². The fourth-order valence-electron chi connectivity index (χ4n) is 1.14. The van der Waals surface area contributed by atoms with Gasteiger partial charge in [0.15, 0.2) is 5.75 Å². The molecule has 1 N–H and O–H groups in total. The lowest BCUT2D eigenvalue weighted by atomic mass is 10.1. The maximum Gasteiger partial charge on any atom is 0.181 e. The Bertz CT molecular complexity index is 233. The summed E-state index contributed by atoms with van der Waals surface area (Å²) in [6.45, 7) is 0.209. The third-order valence-corrected chi connectivity index (χ3v) is 1.83. The van der Waals surface area contributed by atoms with Gasteiger partial charge in [0, 0.05) is 6.61 Å². The molecule has 1 aromatic rings. The minimum Gasteiger partial charge on any atom is -0.396 e. The summed E-state index contributed by atoms with van der Waals surface area (Å²) in [5.41, 5.74) is 0.853. The van der Waals surface area contributed by atoms with Gasteiger partial charge in [-0.15, -0.1) is 0 Å². The van der Waals surface area contributed by atoms with Gasteiger partial charge in [-0.1, -0.05) is 18.2 Å². The smallest absolute Gasteiger partial charge is 0.181 e. The zero-order valence-electron chi connectivity index (χ0n) is 6.99. The molecule has 0 fully saturated rings. The van der Waals surface area contributed by atoms with E-state index in [0.717, 1.165) is 24.8 Å². The molecule has 0 amide bonds. The third-order valence-electron chi connectivity index (χ3n) is 1.83. The average molecular weight is 165 g/mol. The number of unbranched alkanes of at least 4 members (excludes halogenated alkanes) is 1. The fourth-order valence-corrected chi connectivity index (χ4v) is 1.14. The van der Waals surface area contributed by atoms with Crippen LogP contribution in [0, 0.1) is 0 Å². The highest BCUT2D eigenvalue weighted by Gasteiger charge is 1.99. The molecule has 12 heavy (non-hydrogen) atoms. The lowest BCUT2D eigenvalue weighted by Crippen LogP contribution is -1.88. The number of para-hydroxylation sites is 1. The Hall–Kier alpha value is -1.02. The number of rotatable bonds is 4. The molecule has 0 aromatic heterocycles. The van der Waals surface area contributed by atoms with Crippen LogP contribution in [-0.4, -0.2) is 11.7 Å². The summed E-state index contributed by atoms with van der Waals surface area (Å²) in [6, 6.07) is 7.04. The Labute approximate surface area is 72.5 Å². The van der Waals surface area contributed by atoms with Gasteiger partial charge in [-0.25, -0.2) is 0 Å². The van der Waals surface area contributed by atoms with Crippen LogP contribution in [0.15, 0.2) is 24.3 Å². The summed E-state index contributed by atoms with van der Waals surface area (Å²) in [4.78, 5) is 0. The number of aliphatic hydroxyl groups is 1. The van der Waals surface area contributed by atoms with Crippen LogP contribution in [0.2, 0.25) is 0 Å². The molecule has 65 valence electrons. The van der Waals surface area contributed by atoms with Crippen molar-refractivity contribution in [1.29, 1.82) is 0 Å². The normalized spacial score (nSPS) is 10.1. The van der Waals surface area contributed by atoms with Crippen LogP contribution in [0.5, 0.6) is 5.75 Å². The monoisotopic (exact) mass is 165 g/mol. The second-order valence-electron chi connectivity index (χ2n) is 2.79. The summed E-state index contributed by atoms with van der Waals surface area (Å²) < 4.78 is 0. The number of hydrogen-bond donors (Lipinski definition) is 1. The molecule has 0 spiro atoms. The summed E-state index contributed by atoms with van der Waals surface area (Å²) >= 11 is 0. The number of benzene rings is 1. The second kappa shape index (κ2) is 4.78. The van der Waals surface area contributed by atoms with E-state index >= 15 is 0 Å². The summed E-state index contributed by atoms with van der Waals surface area (Å²) in [7, 11) is 0. The van der Waals surface area contributed by atoms with Crippen LogP contribution >= 0.6 is 0 Å². The first-order chi connectivity index (χ1) is 5.84. The molecular formula is C10H13O2. The fraction of sp³-hybridized carbons (Fsp3) is 0.400. The third kappa shape index (κ3) is 2.55. The van der Waals surface area contributed by atoms with Gasteiger partial charge in [-0.3, -0.25) is 5.11 Å². The molecular weight excluding hydrogens is 152 g/mol. The zero-order valence-corrected chi connectivity index (χ0v) is 6.99. The molecule has 0 aliphatic rings. The van der Waals surface area contributed by atoms with Crippen molar-refractivity contribution in [3.05, 3.63) is 29.8 Å². The standard InChI is InChI=1S/C10H13O2/c11-8-4-3-6-9-5-1-2-7-10(9)12/h1-2,5,7,11H,3-4,6,8H2. The molecule has 0 heterocycles. The molecule has 1 radical (unpaired) electrons. The number of hydrogen-bond acceptors (Lipinski definition) is 1. The van der Waals surface area contributed by atoms with E-state index in [1.54, 1.807) is 12.1 Å². The van der Waals surface area contributed by atoms with Gasteiger partial charge in [-0.05, 0) is 30.9 Å². The lowest BCUT2D eigenvalue weighted by Gasteiger charge is -1.99. The molecule has 0 saturated heterocycles. The van der Waals surface area contributed by atoms with E-state index < -0.39 is 0 Å². The van der Waals surface area contributed by atoms with Crippen LogP contribution in [0.1, 0.15) is 18.4 Å². The van der Waals surface area contributed by atoms with Gasteiger partial charge < -0.3 is 5.11 Å². The molecule has 0 bridgehead atoms. The van der Waals surface area contributed by atoms with E-state index in [1.807, 2.05) is 12.1 Å². The van der Waals surface area contributed by atoms with Gasteiger partial charge in [0.25, 0.3) is 0 Å². The van der Waals surface area contributed by atoms with E-state index in [-0.39, 0.29) is 12.4 Å². The van der Waals surface area contributed by atoms with Crippen LogP contribution in [0.25, 0.3) is 0 Å². The number of aliphatic hydroxyl groups excluding tert-OH is 1. The topological polar surface area (TPSA) is 40.1 Å². The molecule has 0 saturated carbocycles. The molecule has 1 aromatic carbocycles. The molecule has 1 rings (SSSR count). The van der Waals surface area contributed by atoms with Crippen molar-refractivity contribution in [2.75, 3.05) is 6.61 Å². The molecule has 0 atom stereocenters. The van der Waals surface area contributed by atoms with Crippen LogP contribution in [0.3, 0.4) is 0 Å². The Balaban J connectivity index is 2.46. The predicted molar refractivity (Wildman–Crippen MR) is 46.6 cm³/mol. The number of aryl methyl sites for hydroxylation is 1.